The summed E-state index contributed by atoms with van der Waals surface area (Å²) in [4.78, 5) is 26.6. The van der Waals surface area contributed by atoms with Crippen molar-refractivity contribution in [2.75, 3.05) is 13.2 Å². The fourth-order valence-corrected chi connectivity index (χ4v) is 6.49. The molecule has 2 aromatic rings. The first kappa shape index (κ1) is 29.9. The van der Waals surface area contributed by atoms with Crippen molar-refractivity contribution in [2.24, 2.45) is 16.7 Å². The minimum Gasteiger partial charge on any atom is -0.493 e. The molecule has 4 nitrogen and oxygen atoms in total. The molecule has 0 amide bonds. The summed E-state index contributed by atoms with van der Waals surface area (Å²) < 4.78 is 12.0. The van der Waals surface area contributed by atoms with Crippen molar-refractivity contribution in [1.82, 2.24) is 0 Å². The number of unbranched alkanes of at least 4 members (excludes halogenated alkanes) is 1. The molecule has 0 saturated heterocycles. The third kappa shape index (κ3) is 7.71. The highest BCUT2D eigenvalue weighted by atomic mass is 16.5. The van der Waals surface area contributed by atoms with E-state index in [4.69, 9.17) is 9.47 Å². The molecule has 1 aliphatic carbocycles. The predicted molar refractivity (Wildman–Crippen MR) is 155 cm³/mol. The summed E-state index contributed by atoms with van der Waals surface area (Å²) in [7, 11) is 0. The summed E-state index contributed by atoms with van der Waals surface area (Å²) >= 11 is 0. The number of aryl methyl sites for hydroxylation is 1. The van der Waals surface area contributed by atoms with Crippen LogP contribution in [0, 0.1) is 16.7 Å². The van der Waals surface area contributed by atoms with Crippen LogP contribution in [0.4, 0.5) is 0 Å². The normalized spacial score (nSPS) is 16.4. The van der Waals surface area contributed by atoms with E-state index in [1.165, 1.54) is 5.56 Å². The van der Waals surface area contributed by atoms with Gasteiger partial charge in [-0.2, -0.15) is 0 Å². The minimum atomic E-state index is -0.484. The van der Waals surface area contributed by atoms with Crippen molar-refractivity contribution in [3.8, 4) is 11.5 Å². The Kier molecular flexibility index (Phi) is 10.6. The highest BCUT2D eigenvalue weighted by Gasteiger charge is 2.53. The largest absolute Gasteiger partial charge is 0.493 e. The van der Waals surface area contributed by atoms with Gasteiger partial charge in [0, 0.05) is 23.3 Å². The zero-order valence-corrected chi connectivity index (χ0v) is 24.5. The van der Waals surface area contributed by atoms with Gasteiger partial charge in [-0.1, -0.05) is 57.5 Å². The molecule has 1 unspecified atom stereocenters. The van der Waals surface area contributed by atoms with Crippen LogP contribution in [0.2, 0.25) is 0 Å². The number of rotatable bonds is 16. The van der Waals surface area contributed by atoms with Crippen LogP contribution >= 0.6 is 0 Å². The van der Waals surface area contributed by atoms with Gasteiger partial charge in [0.05, 0.1) is 13.2 Å². The third-order valence-corrected chi connectivity index (χ3v) is 8.12. The van der Waals surface area contributed by atoms with Crippen LogP contribution in [0.1, 0.15) is 96.8 Å². The van der Waals surface area contributed by atoms with E-state index >= 15 is 0 Å². The van der Waals surface area contributed by atoms with Crippen molar-refractivity contribution < 1.29 is 19.1 Å². The van der Waals surface area contributed by atoms with E-state index in [0.717, 1.165) is 67.6 Å². The number of Topliss-reactive ketones (excluding diaryl/α,β-unsaturated/α-hetero) is 2. The molecule has 38 heavy (non-hydrogen) atoms. The molecule has 0 spiro atoms. The van der Waals surface area contributed by atoms with Gasteiger partial charge < -0.3 is 9.47 Å². The van der Waals surface area contributed by atoms with Crippen LogP contribution in [0.25, 0.3) is 0 Å². The maximum Gasteiger partial charge on any atom is 0.137 e. The number of carbonyl (C=O) groups excluding carboxylic acids is 2. The number of benzene rings is 2. The lowest BCUT2D eigenvalue weighted by molar-refractivity contribution is -0.147. The van der Waals surface area contributed by atoms with Gasteiger partial charge in [-0.25, -0.2) is 0 Å². The SMILES string of the molecule is CCOc1cc(CC(CCCCc2ccccc2)C(=O)CC2(C(C)=O)CC(C)(C)C2)cc(OCC)c1CC. The molecular weight excluding hydrogens is 472 g/mol. The molecule has 3 rings (SSSR count). The average Bonchev–Trinajstić information content (AvgIpc) is 2.85. The summed E-state index contributed by atoms with van der Waals surface area (Å²) in [6, 6.07) is 14.7. The molecule has 1 atom stereocenters. The van der Waals surface area contributed by atoms with Gasteiger partial charge in [-0.05, 0) is 94.4 Å². The Morgan fingerprint density at radius 3 is 2.00 bits per heavy atom. The van der Waals surface area contributed by atoms with Crippen molar-refractivity contribution in [1.29, 1.82) is 0 Å². The molecular formula is C34H48O4. The summed E-state index contributed by atoms with van der Waals surface area (Å²) in [6.45, 7) is 13.3. The Morgan fingerprint density at radius 1 is 0.895 bits per heavy atom. The second-order valence-electron chi connectivity index (χ2n) is 11.9. The number of ether oxygens (including phenoxy) is 2. The van der Waals surface area contributed by atoms with Gasteiger partial charge in [-0.15, -0.1) is 0 Å². The van der Waals surface area contributed by atoms with Crippen LogP contribution in [0.15, 0.2) is 42.5 Å². The fourth-order valence-electron chi connectivity index (χ4n) is 6.49. The molecule has 2 aromatic carbocycles. The highest BCUT2D eigenvalue weighted by molar-refractivity contribution is 5.91. The summed E-state index contributed by atoms with van der Waals surface area (Å²) in [6.07, 6.45) is 7.30. The Labute approximate surface area is 230 Å². The first-order valence-corrected chi connectivity index (χ1v) is 14.6. The van der Waals surface area contributed by atoms with E-state index in [-0.39, 0.29) is 22.9 Å². The zero-order valence-electron chi connectivity index (χ0n) is 24.5. The van der Waals surface area contributed by atoms with Gasteiger partial charge >= 0.3 is 0 Å². The molecule has 208 valence electrons. The van der Waals surface area contributed by atoms with Crippen LogP contribution in [-0.2, 0) is 28.9 Å². The fraction of sp³-hybridized carbons (Fsp3) is 0.588. The second-order valence-corrected chi connectivity index (χ2v) is 11.9. The van der Waals surface area contributed by atoms with Crippen molar-refractivity contribution in [3.63, 3.8) is 0 Å². The van der Waals surface area contributed by atoms with Crippen LogP contribution in [0.3, 0.4) is 0 Å². The van der Waals surface area contributed by atoms with E-state index in [1.54, 1.807) is 6.92 Å². The maximum atomic E-state index is 13.9. The van der Waals surface area contributed by atoms with E-state index in [2.05, 4.69) is 57.2 Å². The molecule has 1 fully saturated rings. The summed E-state index contributed by atoms with van der Waals surface area (Å²) in [5.41, 5.74) is 3.13. The molecule has 1 saturated carbocycles. The van der Waals surface area contributed by atoms with Crippen LogP contribution < -0.4 is 9.47 Å². The van der Waals surface area contributed by atoms with E-state index in [9.17, 15) is 9.59 Å². The summed E-state index contributed by atoms with van der Waals surface area (Å²) in [5, 5.41) is 0. The Hall–Kier alpha value is -2.62. The van der Waals surface area contributed by atoms with E-state index in [0.29, 0.717) is 26.1 Å². The second kappa shape index (κ2) is 13.4. The Morgan fingerprint density at radius 2 is 1.50 bits per heavy atom. The quantitative estimate of drug-likeness (QED) is 0.211. The Bertz CT molecular complexity index is 1030. The zero-order chi connectivity index (χ0) is 27.8. The predicted octanol–water partition coefficient (Wildman–Crippen LogP) is 7.97. The van der Waals surface area contributed by atoms with Crippen molar-refractivity contribution in [2.45, 2.75) is 99.3 Å². The van der Waals surface area contributed by atoms with Gasteiger partial charge in [0.1, 0.15) is 23.1 Å². The third-order valence-electron chi connectivity index (χ3n) is 8.12. The standard InChI is InChI=1S/C34H48O4/c1-7-29-31(37-8-2)20-27(21-32(29)38-9-3)19-28(18-14-13-17-26-15-11-10-12-16-26)30(36)22-34(25(4)35)23-33(5,6)24-34/h10-12,15-16,20-21,28H,7-9,13-14,17-19,22-24H2,1-6H3. The topological polar surface area (TPSA) is 52.6 Å². The maximum absolute atomic E-state index is 13.9. The number of carbonyl (C=O) groups is 2. The highest BCUT2D eigenvalue weighted by Crippen LogP contribution is 2.57. The summed E-state index contributed by atoms with van der Waals surface area (Å²) in [5.74, 6) is 1.98. The first-order chi connectivity index (χ1) is 18.1. The van der Waals surface area contributed by atoms with Crippen molar-refractivity contribution >= 4 is 11.6 Å². The monoisotopic (exact) mass is 520 g/mol. The molecule has 0 heterocycles. The van der Waals surface area contributed by atoms with E-state index < -0.39 is 5.41 Å². The molecule has 0 radical (unpaired) electrons. The smallest absolute Gasteiger partial charge is 0.137 e. The molecule has 0 aromatic heterocycles. The number of hydrogen-bond acceptors (Lipinski definition) is 4. The lowest BCUT2D eigenvalue weighted by atomic mass is 9.51. The molecule has 0 aliphatic heterocycles. The van der Waals surface area contributed by atoms with Gasteiger partial charge in [-0.3, -0.25) is 9.59 Å². The lowest BCUT2D eigenvalue weighted by Gasteiger charge is -2.52. The van der Waals surface area contributed by atoms with Gasteiger partial charge in [0.25, 0.3) is 0 Å². The first-order valence-electron chi connectivity index (χ1n) is 14.6. The molecule has 4 heteroatoms. The Balaban J connectivity index is 1.81. The number of ketones is 2. The van der Waals surface area contributed by atoms with Crippen LogP contribution in [-0.4, -0.2) is 24.8 Å². The lowest BCUT2D eigenvalue weighted by Crippen LogP contribution is -2.49. The minimum absolute atomic E-state index is 0.123. The van der Waals surface area contributed by atoms with Crippen LogP contribution in [0.5, 0.6) is 11.5 Å². The van der Waals surface area contributed by atoms with Crippen molar-refractivity contribution in [3.05, 3.63) is 59.2 Å². The molecule has 1 aliphatic rings. The average molecular weight is 521 g/mol. The molecule has 0 N–H and O–H groups in total. The van der Waals surface area contributed by atoms with Gasteiger partial charge in [0.2, 0.25) is 0 Å². The van der Waals surface area contributed by atoms with Gasteiger partial charge in [0.15, 0.2) is 0 Å². The van der Waals surface area contributed by atoms with E-state index in [1.807, 2.05) is 19.9 Å². The number of hydrogen-bond donors (Lipinski definition) is 0. The molecule has 0 bridgehead atoms.